The molecule has 0 N–H and O–H groups in total. The van der Waals surface area contributed by atoms with Crippen LogP contribution < -0.4 is 0 Å². The van der Waals surface area contributed by atoms with Crippen LogP contribution >= 0.6 is 11.8 Å². The van der Waals surface area contributed by atoms with Crippen LogP contribution in [-0.2, 0) is 9.53 Å². The highest BCUT2D eigenvalue weighted by Gasteiger charge is 2.16. The van der Waals surface area contributed by atoms with Gasteiger partial charge in [0.2, 0.25) is 0 Å². The molecule has 1 fully saturated rings. The Morgan fingerprint density at radius 3 is 3.20 bits per heavy atom. The lowest BCUT2D eigenvalue weighted by molar-refractivity contribution is -0.138. The highest BCUT2D eigenvalue weighted by Crippen LogP contribution is 2.18. The number of hydrogen-bond acceptors (Lipinski definition) is 3. The summed E-state index contributed by atoms with van der Waals surface area (Å²) in [6.45, 7) is 6.15. The normalized spacial score (nSPS) is 27.5. The molecule has 0 aromatic rings. The van der Waals surface area contributed by atoms with Crippen LogP contribution in [0.5, 0.6) is 0 Å². The Morgan fingerprint density at radius 2 is 2.50 bits per heavy atom. The second kappa shape index (κ2) is 3.10. The minimum absolute atomic E-state index is 0.239. The third-order valence-corrected chi connectivity index (χ3v) is 2.50. The molecule has 1 heterocycles. The molecular weight excluding hydrogens is 148 g/mol. The zero-order valence-corrected chi connectivity index (χ0v) is 6.74. The molecular formula is C7H10O2S. The summed E-state index contributed by atoms with van der Waals surface area (Å²) >= 11 is 1.71. The fourth-order valence-corrected chi connectivity index (χ4v) is 1.41. The fourth-order valence-electron chi connectivity index (χ4n) is 0.645. The van der Waals surface area contributed by atoms with E-state index in [1.807, 2.05) is 6.92 Å². The van der Waals surface area contributed by atoms with Crippen LogP contribution in [0.1, 0.15) is 6.92 Å². The summed E-state index contributed by atoms with van der Waals surface area (Å²) < 4.78 is 4.87. The lowest BCUT2D eigenvalue weighted by atomic mass is 10.4. The Balaban J connectivity index is 2.55. The highest BCUT2D eigenvalue weighted by atomic mass is 32.2. The maximum atomic E-state index is 10.8. The van der Waals surface area contributed by atoms with Gasteiger partial charge in [0, 0.05) is 16.6 Å². The first-order chi connectivity index (χ1) is 4.70. The van der Waals surface area contributed by atoms with Crippen molar-refractivity contribution in [2.24, 2.45) is 0 Å². The molecule has 0 aromatic heterocycles. The largest absolute Gasteiger partial charge is 0.461 e. The molecule has 0 spiro atoms. The highest BCUT2D eigenvalue weighted by molar-refractivity contribution is 8.00. The SMILES string of the molecule is C=C1CSC(C)COC1=O. The second-order valence-corrected chi connectivity index (χ2v) is 3.75. The van der Waals surface area contributed by atoms with Crippen LogP contribution in [0, 0.1) is 0 Å². The van der Waals surface area contributed by atoms with E-state index in [1.165, 1.54) is 0 Å². The van der Waals surface area contributed by atoms with Crippen LogP contribution in [-0.4, -0.2) is 23.6 Å². The molecule has 0 saturated carbocycles. The molecule has 1 aliphatic rings. The van der Waals surface area contributed by atoms with Gasteiger partial charge in [0.1, 0.15) is 6.61 Å². The number of cyclic esters (lactones) is 1. The molecule has 0 aromatic carbocycles. The zero-order chi connectivity index (χ0) is 7.56. The predicted octanol–water partition coefficient (Wildman–Crippen LogP) is 1.22. The smallest absolute Gasteiger partial charge is 0.334 e. The van der Waals surface area contributed by atoms with Gasteiger partial charge in [0.05, 0.1) is 0 Å². The van der Waals surface area contributed by atoms with Crippen LogP contribution in [0.25, 0.3) is 0 Å². The van der Waals surface area contributed by atoms with Gasteiger partial charge in [-0.2, -0.15) is 11.8 Å². The summed E-state index contributed by atoms with van der Waals surface area (Å²) in [7, 11) is 0. The first-order valence-corrected chi connectivity index (χ1v) is 4.21. The minimum Gasteiger partial charge on any atom is -0.461 e. The van der Waals surface area contributed by atoms with Crippen molar-refractivity contribution in [2.75, 3.05) is 12.4 Å². The van der Waals surface area contributed by atoms with Crippen LogP contribution in [0.15, 0.2) is 12.2 Å². The lowest BCUT2D eigenvalue weighted by Crippen LogP contribution is -2.09. The van der Waals surface area contributed by atoms with E-state index in [0.29, 0.717) is 23.2 Å². The third kappa shape index (κ3) is 1.77. The maximum absolute atomic E-state index is 10.8. The van der Waals surface area contributed by atoms with Crippen molar-refractivity contribution >= 4 is 17.7 Å². The second-order valence-electron chi connectivity index (χ2n) is 2.32. The summed E-state index contributed by atoms with van der Waals surface area (Å²) in [6.07, 6.45) is 0. The van der Waals surface area contributed by atoms with Crippen molar-refractivity contribution in [3.05, 3.63) is 12.2 Å². The van der Waals surface area contributed by atoms with Crippen molar-refractivity contribution in [1.29, 1.82) is 0 Å². The summed E-state index contributed by atoms with van der Waals surface area (Å²) in [5.41, 5.74) is 0.578. The van der Waals surface area contributed by atoms with Gasteiger partial charge in [-0.05, 0) is 6.92 Å². The number of ether oxygens (including phenoxy) is 1. The van der Waals surface area contributed by atoms with Crippen molar-refractivity contribution in [3.8, 4) is 0 Å². The molecule has 10 heavy (non-hydrogen) atoms. The molecule has 1 saturated heterocycles. The first kappa shape index (κ1) is 7.66. The number of rotatable bonds is 0. The van der Waals surface area contributed by atoms with Crippen LogP contribution in [0.3, 0.4) is 0 Å². The Bertz CT molecular complexity index is 147. The van der Waals surface area contributed by atoms with Crippen molar-refractivity contribution in [2.45, 2.75) is 12.2 Å². The minimum atomic E-state index is -0.239. The van der Waals surface area contributed by atoms with E-state index < -0.39 is 0 Å². The number of hydrogen-bond donors (Lipinski definition) is 0. The van der Waals surface area contributed by atoms with Crippen molar-refractivity contribution in [3.63, 3.8) is 0 Å². The van der Waals surface area contributed by atoms with Gasteiger partial charge in [-0.25, -0.2) is 4.79 Å². The van der Waals surface area contributed by atoms with E-state index in [1.54, 1.807) is 11.8 Å². The van der Waals surface area contributed by atoms with Gasteiger partial charge in [-0.3, -0.25) is 0 Å². The average Bonchev–Trinajstić information content (AvgIpc) is 2.04. The maximum Gasteiger partial charge on any atom is 0.334 e. The summed E-state index contributed by atoms with van der Waals surface area (Å²) in [5, 5.41) is 0.406. The van der Waals surface area contributed by atoms with Crippen molar-refractivity contribution in [1.82, 2.24) is 0 Å². The van der Waals surface area contributed by atoms with Gasteiger partial charge in [0.15, 0.2) is 0 Å². The van der Waals surface area contributed by atoms with E-state index in [4.69, 9.17) is 4.74 Å². The molecule has 0 bridgehead atoms. The quantitative estimate of drug-likeness (QED) is 0.391. The molecule has 2 nitrogen and oxygen atoms in total. The number of esters is 1. The van der Waals surface area contributed by atoms with E-state index in [9.17, 15) is 4.79 Å². The Hall–Kier alpha value is -0.440. The molecule has 3 heteroatoms. The van der Waals surface area contributed by atoms with Gasteiger partial charge in [0.25, 0.3) is 0 Å². The molecule has 0 aliphatic carbocycles. The van der Waals surface area contributed by atoms with E-state index >= 15 is 0 Å². The molecule has 1 aliphatic heterocycles. The summed E-state index contributed by atoms with van der Waals surface area (Å²) in [6, 6.07) is 0. The van der Waals surface area contributed by atoms with Crippen LogP contribution in [0.4, 0.5) is 0 Å². The Morgan fingerprint density at radius 1 is 1.80 bits per heavy atom. The van der Waals surface area contributed by atoms with Crippen LogP contribution in [0.2, 0.25) is 0 Å². The van der Waals surface area contributed by atoms with Crippen molar-refractivity contribution < 1.29 is 9.53 Å². The van der Waals surface area contributed by atoms with Gasteiger partial charge in [-0.15, -0.1) is 0 Å². The third-order valence-electron chi connectivity index (χ3n) is 1.28. The Labute approximate surface area is 64.6 Å². The molecule has 56 valence electrons. The topological polar surface area (TPSA) is 26.3 Å². The fraction of sp³-hybridized carbons (Fsp3) is 0.571. The summed E-state index contributed by atoms with van der Waals surface area (Å²) in [5.74, 6) is 0.469. The standard InChI is InChI=1S/C7H10O2S/c1-5-4-10-6(2)3-9-7(5)8/h6H,1,3-4H2,2H3. The first-order valence-electron chi connectivity index (χ1n) is 3.16. The number of carbonyl (C=O) groups is 1. The number of thioether (sulfide) groups is 1. The monoisotopic (exact) mass is 158 g/mol. The average molecular weight is 158 g/mol. The zero-order valence-electron chi connectivity index (χ0n) is 5.92. The molecule has 0 amide bonds. The lowest BCUT2D eigenvalue weighted by Gasteiger charge is -2.02. The van der Waals surface area contributed by atoms with E-state index in [-0.39, 0.29) is 5.97 Å². The van der Waals surface area contributed by atoms with Gasteiger partial charge < -0.3 is 4.74 Å². The number of carbonyl (C=O) groups excluding carboxylic acids is 1. The molecule has 1 atom stereocenters. The molecule has 1 unspecified atom stereocenters. The van der Waals surface area contributed by atoms with E-state index in [0.717, 1.165) is 0 Å². The predicted molar refractivity (Wildman–Crippen MR) is 42.0 cm³/mol. The molecule has 1 rings (SSSR count). The summed E-state index contributed by atoms with van der Waals surface area (Å²) in [4.78, 5) is 10.8. The Kier molecular flexibility index (Phi) is 2.38. The van der Waals surface area contributed by atoms with Gasteiger partial charge in [-0.1, -0.05) is 6.58 Å². The molecule has 0 radical (unpaired) electrons. The van der Waals surface area contributed by atoms with Gasteiger partial charge >= 0.3 is 5.97 Å². The van der Waals surface area contributed by atoms with E-state index in [2.05, 4.69) is 6.58 Å².